The Morgan fingerprint density at radius 3 is 2.76 bits per heavy atom. The van der Waals surface area contributed by atoms with E-state index < -0.39 is 11.9 Å². The van der Waals surface area contributed by atoms with Crippen LogP contribution in [0.5, 0.6) is 0 Å². The van der Waals surface area contributed by atoms with Gasteiger partial charge in [-0.3, -0.25) is 9.78 Å². The second-order valence-electron chi connectivity index (χ2n) is 8.44. The van der Waals surface area contributed by atoms with Crippen LogP contribution in [0.1, 0.15) is 47.4 Å². The summed E-state index contributed by atoms with van der Waals surface area (Å²) in [6, 6.07) is 12.1. The number of aromatic nitrogens is 2. The Balaban J connectivity index is 1.30. The quantitative estimate of drug-likeness (QED) is 0.535. The summed E-state index contributed by atoms with van der Waals surface area (Å²) in [7, 11) is 0. The molecule has 2 aromatic heterocycles. The van der Waals surface area contributed by atoms with Crippen LogP contribution in [0.25, 0.3) is 11.4 Å². The highest BCUT2D eigenvalue weighted by atomic mass is 19.1. The van der Waals surface area contributed by atoms with E-state index in [2.05, 4.69) is 20.8 Å². The molecule has 2 unspecified atom stereocenters. The van der Waals surface area contributed by atoms with E-state index in [0.717, 1.165) is 24.8 Å². The van der Waals surface area contributed by atoms with Crippen molar-refractivity contribution in [2.24, 2.45) is 5.92 Å². The summed E-state index contributed by atoms with van der Waals surface area (Å²) in [5, 5.41) is 9.71. The fourth-order valence-electron chi connectivity index (χ4n) is 4.23. The third-order valence-electron chi connectivity index (χ3n) is 5.94. The predicted molar refractivity (Wildman–Crippen MR) is 122 cm³/mol. The summed E-state index contributed by atoms with van der Waals surface area (Å²) in [4.78, 5) is 29.1. The second-order valence-corrected chi connectivity index (χ2v) is 8.44. The Kier molecular flexibility index (Phi) is 7.51. The van der Waals surface area contributed by atoms with Crippen molar-refractivity contribution in [2.45, 2.75) is 45.3 Å². The van der Waals surface area contributed by atoms with Crippen LogP contribution in [0.2, 0.25) is 0 Å². The molecule has 1 saturated carbocycles. The lowest BCUT2D eigenvalue weighted by molar-refractivity contribution is 0.0916. The molecule has 0 radical (unpaired) electrons. The van der Waals surface area contributed by atoms with Gasteiger partial charge in [0.25, 0.3) is 5.91 Å². The van der Waals surface area contributed by atoms with Crippen molar-refractivity contribution in [2.75, 3.05) is 6.54 Å². The van der Waals surface area contributed by atoms with E-state index in [1.807, 2.05) is 30.3 Å². The van der Waals surface area contributed by atoms with Gasteiger partial charge < -0.3 is 19.9 Å². The number of ether oxygens (including phenoxy) is 1. The SMILES string of the molecule is Cc1onc(-c2ncccc2F)c1C(=O)NC1CCCC(CNC(=O)OCc2ccccc2)C1. The third kappa shape index (κ3) is 5.78. The molecule has 0 aliphatic heterocycles. The predicted octanol–water partition coefficient (Wildman–Crippen LogP) is 4.40. The highest BCUT2D eigenvalue weighted by Crippen LogP contribution is 2.28. The molecule has 2 amide bonds. The molecule has 4 rings (SSSR count). The van der Waals surface area contributed by atoms with Gasteiger partial charge in [-0.2, -0.15) is 0 Å². The molecule has 1 aliphatic rings. The number of hydrogen-bond acceptors (Lipinski definition) is 6. The molecule has 34 heavy (non-hydrogen) atoms. The highest BCUT2D eigenvalue weighted by Gasteiger charge is 2.28. The Labute approximate surface area is 196 Å². The standard InChI is InChI=1S/C25H27FN4O4/c1-16-21(23(30-34-16)22-20(26)11-6-12-27-22)24(31)29-19-10-5-9-18(13-19)14-28-25(32)33-15-17-7-3-2-4-8-17/h2-4,6-8,11-12,18-19H,5,9-10,13-15H2,1H3,(H,28,32)(H,29,31). The molecule has 2 N–H and O–H groups in total. The molecule has 2 atom stereocenters. The lowest BCUT2D eigenvalue weighted by Crippen LogP contribution is -2.41. The van der Waals surface area contributed by atoms with Crippen LogP contribution in [-0.2, 0) is 11.3 Å². The normalized spacial score (nSPS) is 17.7. The van der Waals surface area contributed by atoms with E-state index in [1.54, 1.807) is 6.92 Å². The molecular weight excluding hydrogens is 439 g/mol. The molecular formula is C25H27FN4O4. The van der Waals surface area contributed by atoms with Crippen LogP contribution in [-0.4, -0.2) is 34.7 Å². The number of nitrogens with zero attached hydrogens (tertiary/aromatic N) is 2. The number of alkyl carbamates (subject to hydrolysis) is 1. The average Bonchev–Trinajstić information content (AvgIpc) is 3.24. The van der Waals surface area contributed by atoms with Gasteiger partial charge in [0.1, 0.15) is 29.3 Å². The highest BCUT2D eigenvalue weighted by molar-refractivity contribution is 6.00. The maximum Gasteiger partial charge on any atom is 0.407 e. The van der Waals surface area contributed by atoms with Crippen molar-refractivity contribution in [3.05, 3.63) is 71.4 Å². The zero-order valence-corrected chi connectivity index (χ0v) is 18.9. The Morgan fingerprint density at radius 1 is 1.15 bits per heavy atom. The monoisotopic (exact) mass is 466 g/mol. The summed E-state index contributed by atoms with van der Waals surface area (Å²) in [6.07, 6.45) is 4.37. The van der Waals surface area contributed by atoms with Crippen LogP contribution >= 0.6 is 0 Å². The fourth-order valence-corrected chi connectivity index (χ4v) is 4.23. The summed E-state index contributed by atoms with van der Waals surface area (Å²) in [5.41, 5.74) is 1.17. The van der Waals surface area contributed by atoms with Gasteiger partial charge in [0.05, 0.1) is 0 Å². The third-order valence-corrected chi connectivity index (χ3v) is 5.94. The number of nitrogens with one attached hydrogen (secondary N) is 2. The molecule has 9 heteroatoms. The Bertz CT molecular complexity index is 1130. The molecule has 3 aromatic rings. The van der Waals surface area contributed by atoms with Crippen molar-refractivity contribution < 1.29 is 23.2 Å². The summed E-state index contributed by atoms with van der Waals surface area (Å²) in [5.74, 6) is -0.445. The van der Waals surface area contributed by atoms with E-state index in [9.17, 15) is 14.0 Å². The first-order chi connectivity index (χ1) is 16.5. The largest absolute Gasteiger partial charge is 0.445 e. The number of aryl methyl sites for hydroxylation is 1. The Morgan fingerprint density at radius 2 is 1.97 bits per heavy atom. The number of halogens is 1. The maximum atomic E-state index is 14.2. The Hall–Kier alpha value is -3.75. The summed E-state index contributed by atoms with van der Waals surface area (Å²) >= 11 is 0. The van der Waals surface area contributed by atoms with Crippen molar-refractivity contribution in [1.82, 2.24) is 20.8 Å². The molecule has 0 saturated heterocycles. The van der Waals surface area contributed by atoms with Gasteiger partial charge in [-0.1, -0.05) is 41.9 Å². The number of amides is 2. The van der Waals surface area contributed by atoms with E-state index >= 15 is 0 Å². The van der Waals surface area contributed by atoms with Gasteiger partial charge in [0.2, 0.25) is 0 Å². The molecule has 1 aliphatic carbocycles. The van der Waals surface area contributed by atoms with E-state index in [4.69, 9.17) is 9.26 Å². The van der Waals surface area contributed by atoms with E-state index in [-0.39, 0.29) is 41.4 Å². The molecule has 8 nitrogen and oxygen atoms in total. The van der Waals surface area contributed by atoms with Crippen LogP contribution in [0.3, 0.4) is 0 Å². The molecule has 1 fully saturated rings. The number of carbonyl (C=O) groups excluding carboxylic acids is 2. The minimum Gasteiger partial charge on any atom is -0.445 e. The molecule has 0 spiro atoms. The number of carbonyl (C=O) groups is 2. The van der Waals surface area contributed by atoms with Crippen LogP contribution in [0.4, 0.5) is 9.18 Å². The molecule has 1 aromatic carbocycles. The lowest BCUT2D eigenvalue weighted by atomic mass is 9.85. The number of hydrogen-bond donors (Lipinski definition) is 2. The minimum absolute atomic E-state index is 0.0239. The lowest BCUT2D eigenvalue weighted by Gasteiger charge is -2.29. The average molecular weight is 467 g/mol. The molecule has 178 valence electrons. The first-order valence-electron chi connectivity index (χ1n) is 11.3. The first kappa shape index (κ1) is 23.4. The summed E-state index contributed by atoms with van der Waals surface area (Å²) < 4.78 is 24.7. The van der Waals surface area contributed by atoms with Crippen LogP contribution < -0.4 is 10.6 Å². The topological polar surface area (TPSA) is 106 Å². The van der Waals surface area contributed by atoms with Gasteiger partial charge >= 0.3 is 6.09 Å². The second kappa shape index (κ2) is 10.9. The zero-order valence-electron chi connectivity index (χ0n) is 18.9. The maximum absolute atomic E-state index is 14.2. The molecule has 2 heterocycles. The van der Waals surface area contributed by atoms with Crippen molar-refractivity contribution in [3.63, 3.8) is 0 Å². The minimum atomic E-state index is -0.576. The number of pyridine rings is 1. The van der Waals surface area contributed by atoms with E-state index in [1.165, 1.54) is 18.3 Å². The van der Waals surface area contributed by atoms with Gasteiger partial charge in [-0.15, -0.1) is 0 Å². The van der Waals surface area contributed by atoms with Gasteiger partial charge in [0, 0.05) is 18.8 Å². The van der Waals surface area contributed by atoms with Gasteiger partial charge in [-0.25, -0.2) is 9.18 Å². The first-order valence-corrected chi connectivity index (χ1v) is 11.3. The van der Waals surface area contributed by atoms with Crippen molar-refractivity contribution in [1.29, 1.82) is 0 Å². The smallest absolute Gasteiger partial charge is 0.407 e. The van der Waals surface area contributed by atoms with Crippen LogP contribution in [0.15, 0.2) is 53.2 Å². The summed E-state index contributed by atoms with van der Waals surface area (Å²) in [6.45, 7) is 2.30. The van der Waals surface area contributed by atoms with Gasteiger partial charge in [0.15, 0.2) is 5.82 Å². The van der Waals surface area contributed by atoms with E-state index in [0.29, 0.717) is 18.7 Å². The number of rotatable bonds is 7. The van der Waals surface area contributed by atoms with Crippen molar-refractivity contribution >= 4 is 12.0 Å². The van der Waals surface area contributed by atoms with Gasteiger partial charge in [-0.05, 0) is 49.8 Å². The zero-order chi connectivity index (χ0) is 23.9. The fraction of sp³-hybridized carbons (Fsp3) is 0.360. The van der Waals surface area contributed by atoms with Crippen LogP contribution in [0, 0.1) is 18.7 Å². The van der Waals surface area contributed by atoms with Crippen molar-refractivity contribution in [3.8, 4) is 11.4 Å². The number of benzene rings is 1. The molecule has 0 bridgehead atoms.